The van der Waals surface area contributed by atoms with Crippen molar-refractivity contribution in [1.82, 2.24) is 0 Å². The molecule has 1 aromatic rings. The molecule has 1 unspecified atom stereocenters. The molecule has 4 rings (SSSR count). The van der Waals surface area contributed by atoms with Crippen LogP contribution in [0, 0.1) is 0 Å². The molecule has 1 atom stereocenters. The monoisotopic (exact) mass is 395 g/mol. The zero-order valence-corrected chi connectivity index (χ0v) is 14.8. The largest absolute Gasteiger partial charge is 0.516 e. The summed E-state index contributed by atoms with van der Waals surface area (Å²) in [5.41, 5.74) is -3.23. The molecule has 0 fully saturated rings. The van der Waals surface area contributed by atoms with Gasteiger partial charge in [0.2, 0.25) is 0 Å². The average Bonchev–Trinajstić information content (AvgIpc) is 3.07. The fourth-order valence-corrected chi connectivity index (χ4v) is 5.80. The number of nitrogens with zero attached hydrogens (tertiary/aromatic N) is 1. The highest BCUT2D eigenvalue weighted by atomic mass is 32.2. The van der Waals surface area contributed by atoms with E-state index in [1.165, 1.54) is 12.1 Å². The van der Waals surface area contributed by atoms with Gasteiger partial charge in [-0.2, -0.15) is 21.6 Å². The molecule has 0 saturated carbocycles. The van der Waals surface area contributed by atoms with Crippen LogP contribution in [0.5, 0.6) is 0 Å². The Kier molecular flexibility index (Phi) is 3.92. The summed E-state index contributed by atoms with van der Waals surface area (Å²) >= 11 is 1.10. The molecule has 1 aliphatic heterocycles. The van der Waals surface area contributed by atoms with Crippen LogP contribution in [0.1, 0.15) is 10.9 Å². The lowest BCUT2D eigenvalue weighted by Crippen LogP contribution is -2.40. The van der Waals surface area contributed by atoms with Gasteiger partial charge in [-0.25, -0.2) is 4.31 Å². The molecule has 3 nitrogen and oxygen atoms in total. The van der Waals surface area contributed by atoms with Crippen LogP contribution in [0.15, 0.2) is 71.6 Å². The topological polar surface area (TPSA) is 37.4 Å². The van der Waals surface area contributed by atoms with Gasteiger partial charge in [-0.3, -0.25) is 0 Å². The second-order valence-corrected chi connectivity index (χ2v) is 8.68. The summed E-state index contributed by atoms with van der Waals surface area (Å²) in [4.78, 5) is 0.500. The van der Waals surface area contributed by atoms with E-state index in [1.54, 1.807) is 36.4 Å². The van der Waals surface area contributed by atoms with Crippen LogP contribution in [0.2, 0.25) is 0 Å². The summed E-state index contributed by atoms with van der Waals surface area (Å²) in [7, 11) is -5.54. The van der Waals surface area contributed by atoms with Crippen LogP contribution in [0.25, 0.3) is 11.1 Å². The summed E-state index contributed by atoms with van der Waals surface area (Å²) in [6, 6.07) is 18.7. The fraction of sp³-hybridized carbons (Fsp3) is 0.111. The molecule has 0 radical (unpaired) electrons. The third kappa shape index (κ3) is 2.55. The van der Waals surface area contributed by atoms with Crippen LogP contribution in [-0.4, -0.2) is 13.9 Å². The van der Waals surface area contributed by atoms with Crippen molar-refractivity contribution in [1.29, 1.82) is 0 Å². The Labute approximate surface area is 152 Å². The van der Waals surface area contributed by atoms with Crippen molar-refractivity contribution in [3.63, 3.8) is 0 Å². The Bertz CT molecular complexity index is 1050. The fourth-order valence-electron chi connectivity index (χ4n) is 3.04. The van der Waals surface area contributed by atoms with Gasteiger partial charge < -0.3 is 0 Å². The summed E-state index contributed by atoms with van der Waals surface area (Å²) < 4.78 is 65.1. The number of rotatable bonds is 2. The molecule has 0 saturated heterocycles. The van der Waals surface area contributed by atoms with Crippen molar-refractivity contribution in [3.8, 4) is 11.1 Å². The van der Waals surface area contributed by atoms with Gasteiger partial charge in [0, 0.05) is 4.90 Å². The summed E-state index contributed by atoms with van der Waals surface area (Å²) in [5, 5.41) is -1.01. The SMILES string of the molecule is O=S(=O)(N1c2ccccc2SC1c1ccc2cccccc1-2)C(F)(F)F. The van der Waals surface area contributed by atoms with Crippen molar-refractivity contribution < 1.29 is 21.6 Å². The Morgan fingerprint density at radius 2 is 1.58 bits per heavy atom. The van der Waals surface area contributed by atoms with E-state index in [1.807, 2.05) is 18.2 Å². The highest BCUT2D eigenvalue weighted by Gasteiger charge is 2.55. The Balaban J connectivity index is 1.91. The molecule has 0 bridgehead atoms. The maximum Gasteiger partial charge on any atom is 0.516 e. The van der Waals surface area contributed by atoms with Gasteiger partial charge in [-0.1, -0.05) is 66.4 Å². The summed E-state index contributed by atoms with van der Waals surface area (Å²) in [6.45, 7) is 0. The van der Waals surface area contributed by atoms with Crippen molar-refractivity contribution in [2.75, 3.05) is 4.31 Å². The first-order valence-corrected chi connectivity index (χ1v) is 9.97. The predicted molar refractivity (Wildman–Crippen MR) is 95.6 cm³/mol. The molecular formula is C18H12F3NO2S2. The van der Waals surface area contributed by atoms with E-state index in [-0.39, 0.29) is 5.69 Å². The number of halogens is 3. The standard InChI is InChI=1S/C18H12F3NO2S2/c19-18(20,21)26(23,24)22-15-8-4-5-9-16(15)25-17(22)14-11-10-12-6-2-1-3-7-13(12)14/h1-11,17H. The van der Waals surface area contributed by atoms with Crippen molar-refractivity contribution in [2.24, 2.45) is 0 Å². The van der Waals surface area contributed by atoms with Gasteiger partial charge in [0.05, 0.1) is 5.69 Å². The first-order valence-electron chi connectivity index (χ1n) is 7.65. The van der Waals surface area contributed by atoms with E-state index in [0.29, 0.717) is 14.8 Å². The first kappa shape index (κ1) is 17.2. The van der Waals surface area contributed by atoms with E-state index < -0.39 is 20.9 Å². The quantitative estimate of drug-likeness (QED) is 0.595. The molecule has 0 aromatic heterocycles. The number of sulfonamides is 1. The Morgan fingerprint density at radius 1 is 0.885 bits per heavy atom. The van der Waals surface area contributed by atoms with Crippen LogP contribution >= 0.6 is 11.8 Å². The second-order valence-electron chi connectivity index (χ2n) is 5.75. The molecule has 2 aliphatic carbocycles. The third-order valence-electron chi connectivity index (χ3n) is 4.20. The minimum Gasteiger partial charge on any atom is -0.244 e. The minimum absolute atomic E-state index is 0.0504. The minimum atomic E-state index is -5.54. The van der Waals surface area contributed by atoms with E-state index in [4.69, 9.17) is 0 Å². The summed E-state index contributed by atoms with van der Waals surface area (Å²) in [6.07, 6.45) is 0. The van der Waals surface area contributed by atoms with Gasteiger partial charge in [0.25, 0.3) is 0 Å². The first-order chi connectivity index (χ1) is 12.3. The van der Waals surface area contributed by atoms with Crippen LogP contribution in [0.4, 0.5) is 18.9 Å². The van der Waals surface area contributed by atoms with E-state index in [0.717, 1.165) is 22.9 Å². The molecule has 1 aromatic carbocycles. The normalized spacial score (nSPS) is 17.5. The zero-order valence-electron chi connectivity index (χ0n) is 13.1. The highest BCUT2D eigenvalue weighted by Crippen LogP contribution is 2.56. The van der Waals surface area contributed by atoms with Crippen molar-refractivity contribution >= 4 is 27.5 Å². The van der Waals surface area contributed by atoms with E-state index in [9.17, 15) is 21.6 Å². The Morgan fingerprint density at radius 3 is 2.35 bits per heavy atom. The summed E-state index contributed by atoms with van der Waals surface area (Å²) in [5.74, 6) is 0. The lowest BCUT2D eigenvalue weighted by atomic mass is 10.1. The zero-order chi connectivity index (χ0) is 18.5. The molecular weight excluding hydrogens is 383 g/mol. The molecule has 3 aliphatic rings. The van der Waals surface area contributed by atoms with Crippen LogP contribution < -0.4 is 4.31 Å². The molecule has 8 heteroatoms. The molecule has 0 amide bonds. The van der Waals surface area contributed by atoms with E-state index in [2.05, 4.69) is 0 Å². The molecule has 134 valence electrons. The lowest BCUT2D eigenvalue weighted by molar-refractivity contribution is -0.0438. The number of para-hydroxylation sites is 1. The maximum atomic E-state index is 13.3. The van der Waals surface area contributed by atoms with Gasteiger partial charge in [-0.15, -0.1) is 0 Å². The molecule has 26 heavy (non-hydrogen) atoms. The molecule has 0 spiro atoms. The predicted octanol–water partition coefficient (Wildman–Crippen LogP) is 5.25. The second kappa shape index (κ2) is 5.92. The van der Waals surface area contributed by atoms with Gasteiger partial charge >= 0.3 is 15.5 Å². The average molecular weight is 395 g/mol. The van der Waals surface area contributed by atoms with Crippen molar-refractivity contribution in [2.45, 2.75) is 15.8 Å². The van der Waals surface area contributed by atoms with Gasteiger partial charge in [-0.05, 0) is 28.8 Å². The number of thioether (sulfide) groups is 1. The molecule has 0 N–H and O–H groups in total. The van der Waals surface area contributed by atoms with Crippen LogP contribution in [0.3, 0.4) is 0 Å². The maximum absolute atomic E-state index is 13.3. The lowest BCUT2D eigenvalue weighted by Gasteiger charge is -2.27. The highest BCUT2D eigenvalue weighted by molar-refractivity contribution is 8.02. The Hall–Kier alpha value is -2.19. The van der Waals surface area contributed by atoms with Gasteiger partial charge in [0.1, 0.15) is 5.37 Å². The van der Waals surface area contributed by atoms with E-state index >= 15 is 0 Å². The number of hydrogen-bond donors (Lipinski definition) is 0. The number of benzene rings is 1. The van der Waals surface area contributed by atoms with Crippen molar-refractivity contribution in [3.05, 3.63) is 72.3 Å². The number of fused-ring (bicyclic) bond motifs is 2. The van der Waals surface area contributed by atoms with Crippen LogP contribution in [-0.2, 0) is 10.0 Å². The smallest absolute Gasteiger partial charge is 0.244 e. The number of anilines is 1. The van der Waals surface area contributed by atoms with Gasteiger partial charge in [0.15, 0.2) is 0 Å². The molecule has 1 heterocycles. The number of alkyl halides is 3. The number of hydrogen-bond acceptors (Lipinski definition) is 3. The third-order valence-corrected chi connectivity index (χ3v) is 7.13.